The van der Waals surface area contributed by atoms with Gasteiger partial charge in [0.25, 0.3) is 0 Å². The average Bonchev–Trinajstić information content (AvgIpc) is 1.88. The van der Waals surface area contributed by atoms with E-state index in [4.69, 9.17) is 5.11 Å². The van der Waals surface area contributed by atoms with Crippen molar-refractivity contribution in [3.05, 3.63) is 23.4 Å². The number of rotatable bonds is 1. The van der Waals surface area contributed by atoms with Crippen LogP contribution in [0.1, 0.15) is 0 Å². The molecular formula is C5H5NO3S. The van der Waals surface area contributed by atoms with E-state index in [9.17, 15) is 4.79 Å². The Kier molecular flexibility index (Phi) is 2.22. The van der Waals surface area contributed by atoms with E-state index in [2.05, 4.69) is 9.46 Å². The molecule has 0 aromatic heterocycles. The van der Waals surface area contributed by atoms with Gasteiger partial charge in [-0.3, -0.25) is 0 Å². The Morgan fingerprint density at radius 2 is 2.60 bits per heavy atom. The number of ether oxygens (including phenoxy) is 1. The quantitative estimate of drug-likeness (QED) is 0.446. The van der Waals surface area contributed by atoms with Gasteiger partial charge < -0.3 is 14.6 Å². The second-order valence-corrected chi connectivity index (χ2v) is 2.27. The molecule has 1 aliphatic rings. The summed E-state index contributed by atoms with van der Waals surface area (Å²) in [5, 5.41) is 8.47. The third-order valence-corrected chi connectivity index (χ3v) is 1.42. The second-order valence-electron chi connectivity index (χ2n) is 1.43. The Hall–Kier alpha value is -1.10. The van der Waals surface area contributed by atoms with Crippen LogP contribution in [0.25, 0.3) is 0 Å². The molecule has 0 saturated carbocycles. The Labute approximate surface area is 61.7 Å². The summed E-state index contributed by atoms with van der Waals surface area (Å²) in [6.45, 7) is 0. The van der Waals surface area contributed by atoms with Crippen molar-refractivity contribution in [1.82, 2.24) is 4.72 Å². The normalized spacial score (nSPS) is 15.4. The smallest absolute Gasteiger partial charge is 0.449 e. The monoisotopic (exact) mass is 159 g/mol. The van der Waals surface area contributed by atoms with Gasteiger partial charge >= 0.3 is 6.16 Å². The van der Waals surface area contributed by atoms with Gasteiger partial charge in [0, 0.05) is 18.1 Å². The van der Waals surface area contributed by atoms with Crippen molar-refractivity contribution in [1.29, 1.82) is 0 Å². The summed E-state index contributed by atoms with van der Waals surface area (Å²) in [6, 6.07) is 0. The van der Waals surface area contributed by atoms with Crippen molar-refractivity contribution in [2.24, 2.45) is 0 Å². The predicted molar refractivity (Wildman–Crippen MR) is 37.1 cm³/mol. The molecule has 5 heteroatoms. The first kappa shape index (κ1) is 7.01. The van der Waals surface area contributed by atoms with E-state index >= 15 is 0 Å². The zero-order valence-corrected chi connectivity index (χ0v) is 5.72. The maximum absolute atomic E-state index is 9.94. The summed E-state index contributed by atoms with van der Waals surface area (Å²) in [4.78, 5) is 9.94. The van der Waals surface area contributed by atoms with Crippen molar-refractivity contribution in [2.45, 2.75) is 0 Å². The van der Waals surface area contributed by atoms with Crippen molar-refractivity contribution in [3.8, 4) is 0 Å². The molecule has 0 amide bonds. The van der Waals surface area contributed by atoms with Gasteiger partial charge in [-0.05, 0) is 12.2 Å². The summed E-state index contributed by atoms with van der Waals surface area (Å²) in [6.07, 6.45) is 3.61. The molecule has 2 N–H and O–H groups in total. The number of hydrogen-bond donors (Lipinski definition) is 2. The average molecular weight is 159 g/mol. The number of allylic oxidation sites excluding steroid dienone is 2. The fourth-order valence-electron chi connectivity index (χ4n) is 0.433. The van der Waals surface area contributed by atoms with Crippen molar-refractivity contribution in [3.63, 3.8) is 0 Å². The minimum absolute atomic E-state index is 0.329. The SMILES string of the molecule is O=C(O)OC1=CC=CNS1. The van der Waals surface area contributed by atoms with Gasteiger partial charge in [0.2, 0.25) is 0 Å². The van der Waals surface area contributed by atoms with Crippen molar-refractivity contribution < 1.29 is 14.6 Å². The highest BCUT2D eigenvalue weighted by Gasteiger charge is 2.05. The van der Waals surface area contributed by atoms with Crippen LogP contribution in [0.15, 0.2) is 23.4 Å². The van der Waals surface area contributed by atoms with Gasteiger partial charge in [-0.25, -0.2) is 4.79 Å². The lowest BCUT2D eigenvalue weighted by Gasteiger charge is -2.05. The van der Waals surface area contributed by atoms with Crippen LogP contribution in [-0.4, -0.2) is 11.3 Å². The van der Waals surface area contributed by atoms with Crippen LogP contribution in [0.3, 0.4) is 0 Å². The molecule has 0 bridgehead atoms. The first-order valence-electron chi connectivity index (χ1n) is 2.49. The first-order chi connectivity index (χ1) is 4.79. The van der Waals surface area contributed by atoms with E-state index in [1.165, 1.54) is 0 Å². The van der Waals surface area contributed by atoms with Crippen molar-refractivity contribution in [2.75, 3.05) is 0 Å². The maximum Gasteiger partial charge on any atom is 0.511 e. The molecule has 54 valence electrons. The molecule has 0 fully saturated rings. The fraction of sp³-hybridized carbons (Fsp3) is 0. The van der Waals surface area contributed by atoms with E-state index in [0.29, 0.717) is 5.09 Å². The van der Waals surface area contributed by atoms with Gasteiger partial charge in [-0.1, -0.05) is 0 Å². The molecule has 4 nitrogen and oxygen atoms in total. The van der Waals surface area contributed by atoms with Crippen LogP contribution in [0.4, 0.5) is 4.79 Å². The highest BCUT2D eigenvalue weighted by molar-refractivity contribution is 8.01. The Morgan fingerprint density at radius 1 is 1.80 bits per heavy atom. The molecule has 0 aromatic carbocycles. The van der Waals surface area contributed by atoms with Crippen LogP contribution in [0.5, 0.6) is 0 Å². The summed E-state index contributed by atoms with van der Waals surface area (Å²) in [5.41, 5.74) is 0. The molecule has 0 radical (unpaired) electrons. The van der Waals surface area contributed by atoms with Crippen LogP contribution in [0, 0.1) is 0 Å². The zero-order chi connectivity index (χ0) is 7.40. The van der Waals surface area contributed by atoms with Gasteiger partial charge in [-0.15, -0.1) is 0 Å². The Bertz CT molecular complexity index is 199. The Morgan fingerprint density at radius 3 is 3.10 bits per heavy atom. The summed E-state index contributed by atoms with van der Waals surface area (Å²) in [7, 11) is 0. The predicted octanol–water partition coefficient (Wildman–Crippen LogP) is 1.29. The molecule has 0 aliphatic carbocycles. The van der Waals surface area contributed by atoms with Crippen LogP contribution >= 0.6 is 11.9 Å². The van der Waals surface area contributed by atoms with E-state index in [1.807, 2.05) is 0 Å². The molecule has 1 rings (SSSR count). The Balaban J connectivity index is 2.47. The summed E-state index contributed by atoms with van der Waals surface area (Å²) >= 11 is 1.11. The lowest BCUT2D eigenvalue weighted by molar-refractivity contribution is 0.125. The maximum atomic E-state index is 9.94. The lowest BCUT2D eigenvalue weighted by Crippen LogP contribution is -2.03. The molecule has 1 aliphatic heterocycles. The molecule has 0 spiro atoms. The zero-order valence-electron chi connectivity index (χ0n) is 4.90. The highest BCUT2D eigenvalue weighted by Crippen LogP contribution is 2.16. The third kappa shape index (κ3) is 2.02. The molecule has 0 aromatic rings. The van der Waals surface area contributed by atoms with Gasteiger partial charge in [0.1, 0.15) is 0 Å². The van der Waals surface area contributed by atoms with Crippen LogP contribution in [0.2, 0.25) is 0 Å². The third-order valence-electron chi connectivity index (χ3n) is 0.744. The van der Waals surface area contributed by atoms with E-state index in [0.717, 1.165) is 11.9 Å². The standard InChI is InChI=1S/C5H5NO3S/c7-5(8)9-4-2-1-3-6-10-4/h1-3,6H,(H,7,8). The van der Waals surface area contributed by atoms with E-state index < -0.39 is 6.16 Å². The molecule has 0 saturated heterocycles. The number of hydrogen-bond acceptors (Lipinski definition) is 4. The molecule has 10 heavy (non-hydrogen) atoms. The summed E-state index contributed by atoms with van der Waals surface area (Å²) < 4.78 is 7.04. The minimum atomic E-state index is -1.30. The summed E-state index contributed by atoms with van der Waals surface area (Å²) in [5.74, 6) is 0. The number of carboxylic acid groups (broad SMARTS) is 1. The largest absolute Gasteiger partial charge is 0.511 e. The van der Waals surface area contributed by atoms with Crippen LogP contribution < -0.4 is 4.72 Å². The number of nitrogens with one attached hydrogen (secondary N) is 1. The molecule has 1 heterocycles. The fourth-order valence-corrected chi connectivity index (χ4v) is 0.955. The second kappa shape index (κ2) is 3.17. The molecule has 0 atom stereocenters. The number of carbonyl (C=O) groups is 1. The molecule has 0 unspecified atom stereocenters. The lowest BCUT2D eigenvalue weighted by atomic mass is 10.6. The molecular weight excluding hydrogens is 154 g/mol. The van der Waals surface area contributed by atoms with Crippen LogP contribution in [-0.2, 0) is 4.74 Å². The van der Waals surface area contributed by atoms with Gasteiger partial charge in [-0.2, -0.15) is 0 Å². The highest BCUT2D eigenvalue weighted by atomic mass is 32.2. The van der Waals surface area contributed by atoms with Crippen molar-refractivity contribution >= 4 is 18.1 Å². The van der Waals surface area contributed by atoms with Gasteiger partial charge in [0.15, 0.2) is 5.09 Å². The minimum Gasteiger partial charge on any atom is -0.449 e. The van der Waals surface area contributed by atoms with E-state index in [1.54, 1.807) is 18.4 Å². The first-order valence-corrected chi connectivity index (χ1v) is 3.30. The van der Waals surface area contributed by atoms with E-state index in [-0.39, 0.29) is 0 Å². The topological polar surface area (TPSA) is 58.6 Å². The van der Waals surface area contributed by atoms with Gasteiger partial charge in [0.05, 0.1) is 0 Å².